The van der Waals surface area contributed by atoms with Gasteiger partial charge in [0.05, 0.1) is 0 Å². The summed E-state index contributed by atoms with van der Waals surface area (Å²) in [7, 11) is 0. The monoisotopic (exact) mass is 398 g/mol. The minimum absolute atomic E-state index is 0.645. The van der Waals surface area contributed by atoms with E-state index in [1.165, 1.54) is 38.5 Å². The predicted molar refractivity (Wildman–Crippen MR) is 127 cm³/mol. The van der Waals surface area contributed by atoms with Crippen molar-refractivity contribution in [3.8, 4) is 0 Å². The van der Waals surface area contributed by atoms with Crippen LogP contribution in [0.1, 0.15) is 119 Å². The fraction of sp³-hybridized carbons (Fsp3) is 0.931. The van der Waals surface area contributed by atoms with Gasteiger partial charge in [0.15, 0.2) is 0 Å². The molecule has 0 radical (unpaired) electrons. The zero-order valence-electron chi connectivity index (χ0n) is 20.6. The van der Waals surface area contributed by atoms with Gasteiger partial charge in [0.1, 0.15) is 0 Å². The molecule has 4 rings (SSSR count). The Morgan fingerprint density at radius 2 is 1.62 bits per heavy atom. The van der Waals surface area contributed by atoms with E-state index in [9.17, 15) is 0 Å². The fourth-order valence-electron chi connectivity index (χ4n) is 9.63. The molecule has 0 saturated heterocycles. The average molecular weight is 399 g/mol. The smallest absolute Gasteiger partial charge is 0.0260 e. The Kier molecular flexibility index (Phi) is 6.32. The highest BCUT2D eigenvalue weighted by Crippen LogP contribution is 2.68. The van der Waals surface area contributed by atoms with Crippen molar-refractivity contribution in [2.24, 2.45) is 52.3 Å². The first-order valence-electron chi connectivity index (χ1n) is 13.5. The summed E-state index contributed by atoms with van der Waals surface area (Å²) in [5.74, 6) is 6.83. The molecule has 4 fully saturated rings. The van der Waals surface area contributed by atoms with Crippen molar-refractivity contribution >= 4 is 0 Å². The van der Waals surface area contributed by atoms with Crippen LogP contribution in [-0.2, 0) is 0 Å². The molecular formula is C29H50. The van der Waals surface area contributed by atoms with E-state index >= 15 is 0 Å². The number of rotatable bonds is 5. The van der Waals surface area contributed by atoms with Crippen molar-refractivity contribution in [3.05, 3.63) is 11.6 Å². The molecule has 0 amide bonds. The van der Waals surface area contributed by atoms with Crippen molar-refractivity contribution in [2.75, 3.05) is 0 Å². The first-order chi connectivity index (χ1) is 13.8. The zero-order chi connectivity index (χ0) is 20.8. The lowest BCUT2D eigenvalue weighted by Crippen LogP contribution is -2.53. The zero-order valence-corrected chi connectivity index (χ0v) is 20.6. The van der Waals surface area contributed by atoms with Crippen molar-refractivity contribution < 1.29 is 0 Å². The summed E-state index contributed by atoms with van der Waals surface area (Å²) in [6, 6.07) is 0. The second-order valence-electron chi connectivity index (χ2n) is 12.7. The third-order valence-electron chi connectivity index (χ3n) is 11.3. The molecule has 0 aromatic heterocycles. The maximum absolute atomic E-state index is 2.75. The van der Waals surface area contributed by atoms with E-state index in [1.807, 2.05) is 0 Å². The summed E-state index contributed by atoms with van der Waals surface area (Å²) in [6.45, 7) is 15.1. The molecule has 0 aromatic carbocycles. The highest BCUT2D eigenvalue weighted by molar-refractivity contribution is 5.10. The Bertz CT molecular complexity index is 599. The Hall–Kier alpha value is -0.260. The average Bonchev–Trinajstić information content (AvgIpc) is 3.05. The molecule has 0 aliphatic heterocycles. The molecule has 4 saturated carbocycles. The van der Waals surface area contributed by atoms with Crippen LogP contribution >= 0.6 is 0 Å². The molecule has 0 aromatic rings. The van der Waals surface area contributed by atoms with Gasteiger partial charge in [-0.2, -0.15) is 0 Å². The van der Waals surface area contributed by atoms with Crippen LogP contribution in [0, 0.1) is 52.3 Å². The van der Waals surface area contributed by atoms with Crippen molar-refractivity contribution in [1.29, 1.82) is 0 Å². The molecule has 0 nitrogen and oxygen atoms in total. The third-order valence-corrected chi connectivity index (χ3v) is 11.3. The molecule has 0 heteroatoms. The van der Waals surface area contributed by atoms with E-state index in [4.69, 9.17) is 0 Å². The first kappa shape index (κ1) is 22.0. The first-order valence-corrected chi connectivity index (χ1v) is 13.5. The lowest BCUT2D eigenvalue weighted by atomic mass is 9.44. The molecule has 166 valence electrons. The molecule has 0 spiro atoms. The SMILES string of the molecule is C/C=C(/CCC(C)C1CCC2C3CCC4CCCCC4(C)C3CCC12C)C(C)C. The number of hydrogen-bond acceptors (Lipinski definition) is 0. The summed E-state index contributed by atoms with van der Waals surface area (Å²) in [5.41, 5.74) is 3.03. The minimum atomic E-state index is 0.645. The van der Waals surface area contributed by atoms with Crippen LogP contribution in [0.25, 0.3) is 0 Å². The van der Waals surface area contributed by atoms with Gasteiger partial charge in [0, 0.05) is 0 Å². The molecule has 0 bridgehead atoms. The molecular weight excluding hydrogens is 348 g/mol. The van der Waals surface area contributed by atoms with E-state index in [0.29, 0.717) is 10.8 Å². The normalized spacial score (nSPS) is 46.2. The topological polar surface area (TPSA) is 0 Å². The van der Waals surface area contributed by atoms with Gasteiger partial charge in [-0.15, -0.1) is 0 Å². The van der Waals surface area contributed by atoms with Crippen LogP contribution < -0.4 is 0 Å². The van der Waals surface area contributed by atoms with E-state index < -0.39 is 0 Å². The Labute approximate surface area is 182 Å². The van der Waals surface area contributed by atoms with Gasteiger partial charge in [-0.25, -0.2) is 0 Å². The predicted octanol–water partition coefficient (Wildman–Crippen LogP) is 9.05. The molecule has 29 heavy (non-hydrogen) atoms. The molecule has 8 unspecified atom stereocenters. The lowest BCUT2D eigenvalue weighted by Gasteiger charge is -2.61. The van der Waals surface area contributed by atoms with Gasteiger partial charge in [-0.3, -0.25) is 0 Å². The van der Waals surface area contributed by atoms with Crippen LogP contribution in [0.4, 0.5) is 0 Å². The highest BCUT2D eigenvalue weighted by atomic mass is 14.6. The van der Waals surface area contributed by atoms with Gasteiger partial charge in [0.25, 0.3) is 0 Å². The summed E-state index contributed by atoms with van der Waals surface area (Å²) in [5, 5.41) is 0. The van der Waals surface area contributed by atoms with E-state index in [-0.39, 0.29) is 0 Å². The van der Waals surface area contributed by atoms with Crippen LogP contribution in [0.5, 0.6) is 0 Å². The number of fused-ring (bicyclic) bond motifs is 5. The van der Waals surface area contributed by atoms with Gasteiger partial charge in [0.2, 0.25) is 0 Å². The fourth-order valence-corrected chi connectivity index (χ4v) is 9.63. The van der Waals surface area contributed by atoms with Gasteiger partial charge in [-0.05, 0) is 123 Å². The third kappa shape index (κ3) is 3.67. The molecule has 0 heterocycles. The van der Waals surface area contributed by atoms with Crippen molar-refractivity contribution in [3.63, 3.8) is 0 Å². The summed E-state index contributed by atoms with van der Waals surface area (Å²) < 4.78 is 0. The van der Waals surface area contributed by atoms with Crippen molar-refractivity contribution in [1.82, 2.24) is 0 Å². The quantitative estimate of drug-likeness (QED) is 0.405. The maximum Gasteiger partial charge on any atom is -0.0260 e. The van der Waals surface area contributed by atoms with Gasteiger partial charge >= 0.3 is 0 Å². The second-order valence-corrected chi connectivity index (χ2v) is 12.7. The van der Waals surface area contributed by atoms with E-state index in [2.05, 4.69) is 47.6 Å². The maximum atomic E-state index is 2.75. The molecule has 4 aliphatic rings. The summed E-state index contributed by atoms with van der Waals surface area (Å²) in [4.78, 5) is 0. The second kappa shape index (κ2) is 8.35. The lowest BCUT2D eigenvalue weighted by molar-refractivity contribution is -0.114. The molecule has 4 aliphatic carbocycles. The van der Waals surface area contributed by atoms with Gasteiger partial charge in [-0.1, -0.05) is 59.1 Å². The van der Waals surface area contributed by atoms with E-state index in [0.717, 1.165) is 41.4 Å². The molecule has 0 N–H and O–H groups in total. The Morgan fingerprint density at radius 3 is 2.34 bits per heavy atom. The largest absolute Gasteiger partial charge is 0.0882 e. The van der Waals surface area contributed by atoms with E-state index in [1.54, 1.807) is 44.1 Å². The Balaban J connectivity index is 1.46. The van der Waals surface area contributed by atoms with Crippen LogP contribution in [0.2, 0.25) is 0 Å². The number of hydrogen-bond donors (Lipinski definition) is 0. The minimum Gasteiger partial charge on any atom is -0.0882 e. The van der Waals surface area contributed by atoms with Crippen molar-refractivity contribution in [2.45, 2.75) is 119 Å². The van der Waals surface area contributed by atoms with Crippen LogP contribution in [0.15, 0.2) is 11.6 Å². The highest BCUT2D eigenvalue weighted by Gasteiger charge is 2.60. The standard InChI is InChI=1S/C29H50/c1-7-22(20(2)3)12-11-21(4)25-15-16-26-24-14-13-23-10-8-9-18-28(23,5)27(24)17-19-29(25,26)6/h7,20-21,23-27H,8-19H2,1-6H3/b22-7-. The summed E-state index contributed by atoms with van der Waals surface area (Å²) in [6.07, 6.45) is 20.6. The van der Waals surface area contributed by atoms with Crippen LogP contribution in [0.3, 0.4) is 0 Å². The molecule has 8 atom stereocenters. The van der Waals surface area contributed by atoms with Crippen LogP contribution in [-0.4, -0.2) is 0 Å². The number of allylic oxidation sites excluding steroid dienone is 2. The van der Waals surface area contributed by atoms with Gasteiger partial charge < -0.3 is 0 Å². The Morgan fingerprint density at radius 1 is 0.862 bits per heavy atom. The summed E-state index contributed by atoms with van der Waals surface area (Å²) >= 11 is 0.